The fourth-order valence-corrected chi connectivity index (χ4v) is 5.33. The lowest BCUT2D eigenvalue weighted by Crippen LogP contribution is -2.29. The normalized spacial score (nSPS) is 15.1. The number of ether oxygens (including phenoxy) is 1. The van der Waals surface area contributed by atoms with Crippen LogP contribution in [0, 0.1) is 0 Å². The first kappa shape index (κ1) is 23.5. The van der Waals surface area contributed by atoms with E-state index in [2.05, 4.69) is 24.0 Å². The van der Waals surface area contributed by atoms with Gasteiger partial charge in [0, 0.05) is 11.4 Å². The third-order valence-electron chi connectivity index (χ3n) is 5.92. The molecule has 0 N–H and O–H groups in total. The number of halogens is 1. The third kappa shape index (κ3) is 4.32. The molecule has 2 aromatic carbocycles. The number of amides is 1. The molecular weight excluding hydrogens is 486 g/mol. The van der Waals surface area contributed by atoms with Crippen molar-refractivity contribution >= 4 is 44.9 Å². The molecule has 1 aliphatic heterocycles. The monoisotopic (exact) mass is 509 g/mol. The molecule has 180 valence electrons. The summed E-state index contributed by atoms with van der Waals surface area (Å²) in [5, 5.41) is 10.6. The van der Waals surface area contributed by atoms with Gasteiger partial charge in [-0.2, -0.15) is 0 Å². The van der Waals surface area contributed by atoms with Gasteiger partial charge in [0.25, 0.3) is 5.91 Å². The number of nitrogens with zero attached hydrogens (tertiary/aromatic N) is 3. The molecule has 5 rings (SSSR count). The minimum absolute atomic E-state index is 0.0188. The van der Waals surface area contributed by atoms with E-state index in [0.29, 0.717) is 27.7 Å². The van der Waals surface area contributed by atoms with Crippen LogP contribution in [0.1, 0.15) is 65.8 Å². The van der Waals surface area contributed by atoms with Crippen LogP contribution in [0.4, 0.5) is 5.13 Å². The standard InChI is InChI=1S/C26H24ClN3O4S/c1-3-5-13-33-17-10-7-15(8-11-17)22-21-23(31)18-14-16(27)9-12-19(18)34-24(21)25(32)30(22)26-29-28-20(35-26)6-4-2/h7-12,14,22H,3-6,13H2,1-2H3. The number of fused-ring (bicyclic) bond motifs is 2. The highest BCUT2D eigenvalue weighted by Crippen LogP contribution is 2.42. The summed E-state index contributed by atoms with van der Waals surface area (Å²) in [7, 11) is 0. The van der Waals surface area contributed by atoms with Gasteiger partial charge in [-0.15, -0.1) is 10.2 Å². The molecule has 1 atom stereocenters. The molecule has 1 aliphatic rings. The molecule has 0 aliphatic carbocycles. The van der Waals surface area contributed by atoms with Gasteiger partial charge in [0.2, 0.25) is 10.9 Å². The first-order chi connectivity index (χ1) is 17.0. The molecular formula is C26H24ClN3O4S. The molecule has 35 heavy (non-hydrogen) atoms. The molecule has 0 fully saturated rings. The Morgan fingerprint density at radius 2 is 1.89 bits per heavy atom. The number of aromatic nitrogens is 2. The molecule has 7 nitrogen and oxygen atoms in total. The number of benzene rings is 2. The molecule has 2 aromatic heterocycles. The largest absolute Gasteiger partial charge is 0.494 e. The van der Waals surface area contributed by atoms with E-state index >= 15 is 0 Å². The van der Waals surface area contributed by atoms with Crippen LogP contribution >= 0.6 is 22.9 Å². The number of hydrogen-bond acceptors (Lipinski definition) is 7. The van der Waals surface area contributed by atoms with E-state index in [0.717, 1.165) is 42.0 Å². The summed E-state index contributed by atoms with van der Waals surface area (Å²) >= 11 is 7.51. The van der Waals surface area contributed by atoms with Crippen molar-refractivity contribution in [3.05, 3.63) is 79.6 Å². The quantitative estimate of drug-likeness (QED) is 0.264. The summed E-state index contributed by atoms with van der Waals surface area (Å²) in [6, 6.07) is 11.6. The molecule has 1 unspecified atom stereocenters. The van der Waals surface area contributed by atoms with Gasteiger partial charge in [0.15, 0.2) is 5.43 Å². The number of unbranched alkanes of at least 4 members (excludes halogenated alkanes) is 1. The zero-order chi connectivity index (χ0) is 24.5. The number of aryl methyl sites for hydroxylation is 1. The third-order valence-corrected chi connectivity index (χ3v) is 7.14. The lowest BCUT2D eigenvalue weighted by Gasteiger charge is -2.22. The minimum atomic E-state index is -0.704. The van der Waals surface area contributed by atoms with Crippen molar-refractivity contribution < 1.29 is 13.9 Å². The molecule has 0 spiro atoms. The van der Waals surface area contributed by atoms with Crippen molar-refractivity contribution in [3.63, 3.8) is 0 Å². The maximum Gasteiger partial charge on any atom is 0.297 e. The van der Waals surface area contributed by atoms with Crippen LogP contribution in [0.3, 0.4) is 0 Å². The van der Waals surface area contributed by atoms with Crippen molar-refractivity contribution in [2.24, 2.45) is 0 Å². The van der Waals surface area contributed by atoms with E-state index in [9.17, 15) is 9.59 Å². The first-order valence-corrected chi connectivity index (χ1v) is 12.9. The second-order valence-corrected chi connectivity index (χ2v) is 9.87. The zero-order valence-corrected chi connectivity index (χ0v) is 21.0. The van der Waals surface area contributed by atoms with Crippen molar-refractivity contribution in [2.45, 2.75) is 45.6 Å². The highest BCUT2D eigenvalue weighted by Gasteiger charge is 2.45. The van der Waals surface area contributed by atoms with E-state index in [1.54, 1.807) is 18.2 Å². The van der Waals surface area contributed by atoms with Gasteiger partial charge in [-0.25, -0.2) is 0 Å². The highest BCUT2D eigenvalue weighted by atomic mass is 35.5. The average Bonchev–Trinajstić information content (AvgIpc) is 3.43. The number of carbonyl (C=O) groups excluding carboxylic acids is 1. The molecule has 0 saturated carbocycles. The Morgan fingerprint density at radius 3 is 2.63 bits per heavy atom. The summed E-state index contributed by atoms with van der Waals surface area (Å²) in [5.41, 5.74) is 1.05. The van der Waals surface area contributed by atoms with Crippen molar-refractivity contribution in [3.8, 4) is 5.75 Å². The van der Waals surface area contributed by atoms with E-state index in [1.165, 1.54) is 16.2 Å². The number of anilines is 1. The molecule has 0 radical (unpaired) electrons. The minimum Gasteiger partial charge on any atom is -0.494 e. The summed E-state index contributed by atoms with van der Waals surface area (Å²) in [6.45, 7) is 4.80. The summed E-state index contributed by atoms with van der Waals surface area (Å²) in [6.07, 6.45) is 3.69. The van der Waals surface area contributed by atoms with Gasteiger partial charge in [0.05, 0.1) is 23.6 Å². The van der Waals surface area contributed by atoms with Gasteiger partial charge >= 0.3 is 0 Å². The van der Waals surface area contributed by atoms with Crippen molar-refractivity contribution in [1.29, 1.82) is 0 Å². The fourth-order valence-electron chi connectivity index (χ4n) is 4.20. The SMILES string of the molecule is CCCCOc1ccc(C2c3c(oc4ccc(Cl)cc4c3=O)C(=O)N2c2nnc(CCC)s2)cc1. The van der Waals surface area contributed by atoms with Crippen LogP contribution in [-0.2, 0) is 6.42 Å². The lowest BCUT2D eigenvalue weighted by molar-refractivity contribution is 0.0970. The molecule has 1 amide bonds. The van der Waals surface area contributed by atoms with E-state index in [4.69, 9.17) is 20.8 Å². The fraction of sp³-hybridized carbons (Fsp3) is 0.308. The first-order valence-electron chi connectivity index (χ1n) is 11.7. The van der Waals surface area contributed by atoms with Gasteiger partial charge in [-0.1, -0.05) is 55.3 Å². The summed E-state index contributed by atoms with van der Waals surface area (Å²) in [5.74, 6) is 0.337. The van der Waals surface area contributed by atoms with Crippen molar-refractivity contribution in [1.82, 2.24) is 10.2 Å². The Labute approximate surface area is 211 Å². The van der Waals surface area contributed by atoms with Gasteiger partial charge in [-0.05, 0) is 48.7 Å². The molecule has 9 heteroatoms. The van der Waals surface area contributed by atoms with Gasteiger partial charge in [0.1, 0.15) is 16.3 Å². The number of carbonyl (C=O) groups is 1. The highest BCUT2D eigenvalue weighted by molar-refractivity contribution is 7.15. The topological polar surface area (TPSA) is 85.5 Å². The second-order valence-electron chi connectivity index (χ2n) is 8.39. The second kappa shape index (κ2) is 9.79. The Balaban J connectivity index is 1.65. The number of rotatable bonds is 8. The Kier molecular flexibility index (Phi) is 6.58. The maximum atomic E-state index is 13.7. The maximum absolute atomic E-state index is 13.7. The summed E-state index contributed by atoms with van der Waals surface area (Å²) in [4.78, 5) is 28.8. The Hall–Kier alpha value is -3.23. The number of hydrogen-bond donors (Lipinski definition) is 0. The molecule has 0 bridgehead atoms. The van der Waals surface area contributed by atoms with Gasteiger partial charge in [-0.3, -0.25) is 14.5 Å². The molecule has 0 saturated heterocycles. The van der Waals surface area contributed by atoms with Crippen LogP contribution in [0.2, 0.25) is 5.02 Å². The lowest BCUT2D eigenvalue weighted by atomic mass is 9.98. The zero-order valence-electron chi connectivity index (χ0n) is 19.4. The van der Waals surface area contributed by atoms with Crippen LogP contribution in [0.15, 0.2) is 51.7 Å². The van der Waals surface area contributed by atoms with Crippen LogP contribution in [-0.4, -0.2) is 22.7 Å². The van der Waals surface area contributed by atoms with Crippen LogP contribution in [0.25, 0.3) is 11.0 Å². The predicted molar refractivity (Wildman–Crippen MR) is 137 cm³/mol. The molecule has 4 aromatic rings. The van der Waals surface area contributed by atoms with E-state index in [1.807, 2.05) is 24.3 Å². The Bertz CT molecular complexity index is 1450. The average molecular weight is 510 g/mol. The summed E-state index contributed by atoms with van der Waals surface area (Å²) < 4.78 is 11.8. The smallest absolute Gasteiger partial charge is 0.297 e. The van der Waals surface area contributed by atoms with Crippen LogP contribution < -0.4 is 15.1 Å². The van der Waals surface area contributed by atoms with E-state index in [-0.39, 0.29) is 16.8 Å². The molecule has 3 heterocycles. The Morgan fingerprint density at radius 1 is 1.09 bits per heavy atom. The van der Waals surface area contributed by atoms with Crippen LogP contribution in [0.5, 0.6) is 5.75 Å². The predicted octanol–water partition coefficient (Wildman–Crippen LogP) is 6.18. The van der Waals surface area contributed by atoms with Gasteiger partial charge < -0.3 is 9.15 Å². The van der Waals surface area contributed by atoms with Crippen molar-refractivity contribution in [2.75, 3.05) is 11.5 Å². The van der Waals surface area contributed by atoms with E-state index < -0.39 is 11.9 Å².